The number of hydrogen-bond acceptors (Lipinski definition) is 5. The lowest BCUT2D eigenvalue weighted by Crippen LogP contribution is -2.24. The van der Waals surface area contributed by atoms with Crippen molar-refractivity contribution in [3.05, 3.63) is 6.07 Å². The van der Waals surface area contributed by atoms with Gasteiger partial charge < -0.3 is 14.5 Å². The number of rotatable bonds is 3. The zero-order valence-corrected chi connectivity index (χ0v) is 10.9. The summed E-state index contributed by atoms with van der Waals surface area (Å²) in [6.45, 7) is 4.32. The third-order valence-corrected chi connectivity index (χ3v) is 3.71. The van der Waals surface area contributed by atoms with E-state index in [9.17, 15) is 0 Å². The molecule has 2 aliphatic rings. The molecule has 0 unspecified atom stereocenters. The Bertz CT molecular complexity index is 377. The number of anilines is 2. The predicted molar refractivity (Wildman–Crippen MR) is 71.5 cm³/mol. The SMILES string of the molecule is COc1cc(N2CCCC2)nc(N2CCCC2)n1. The van der Waals surface area contributed by atoms with Crippen molar-refractivity contribution in [1.82, 2.24) is 9.97 Å². The number of hydrogen-bond donors (Lipinski definition) is 0. The van der Waals surface area contributed by atoms with Crippen molar-refractivity contribution in [2.75, 3.05) is 43.1 Å². The van der Waals surface area contributed by atoms with Crippen molar-refractivity contribution in [3.63, 3.8) is 0 Å². The molecule has 0 amide bonds. The lowest BCUT2D eigenvalue weighted by molar-refractivity contribution is 0.397. The highest BCUT2D eigenvalue weighted by molar-refractivity contribution is 5.48. The van der Waals surface area contributed by atoms with Gasteiger partial charge in [0.25, 0.3) is 0 Å². The van der Waals surface area contributed by atoms with E-state index in [-0.39, 0.29) is 0 Å². The summed E-state index contributed by atoms with van der Waals surface area (Å²) in [5, 5.41) is 0. The number of ether oxygens (including phenoxy) is 1. The Balaban J connectivity index is 1.90. The van der Waals surface area contributed by atoms with Crippen LogP contribution in [0.3, 0.4) is 0 Å². The first-order valence-electron chi connectivity index (χ1n) is 6.80. The molecular formula is C13H20N4O. The van der Waals surface area contributed by atoms with E-state index >= 15 is 0 Å². The van der Waals surface area contributed by atoms with Gasteiger partial charge in [0.1, 0.15) is 5.82 Å². The summed E-state index contributed by atoms with van der Waals surface area (Å²) >= 11 is 0. The molecule has 2 fully saturated rings. The highest BCUT2D eigenvalue weighted by Crippen LogP contribution is 2.26. The molecule has 2 aliphatic heterocycles. The molecule has 0 spiro atoms. The minimum absolute atomic E-state index is 0.675. The molecule has 98 valence electrons. The summed E-state index contributed by atoms with van der Waals surface area (Å²) in [6.07, 6.45) is 4.98. The monoisotopic (exact) mass is 248 g/mol. The second kappa shape index (κ2) is 5.00. The molecule has 0 aliphatic carbocycles. The lowest BCUT2D eigenvalue weighted by Gasteiger charge is -2.21. The summed E-state index contributed by atoms with van der Waals surface area (Å²) in [5.41, 5.74) is 0. The van der Waals surface area contributed by atoms with Crippen LogP contribution in [0.15, 0.2) is 6.07 Å². The topological polar surface area (TPSA) is 41.5 Å². The molecule has 0 saturated carbocycles. The van der Waals surface area contributed by atoms with Gasteiger partial charge in [-0.05, 0) is 25.7 Å². The molecule has 18 heavy (non-hydrogen) atoms. The van der Waals surface area contributed by atoms with Crippen LogP contribution < -0.4 is 14.5 Å². The standard InChI is InChI=1S/C13H20N4O/c1-18-12-10-11(16-6-2-3-7-16)14-13(15-12)17-8-4-5-9-17/h10H,2-9H2,1H3. The largest absolute Gasteiger partial charge is 0.481 e. The quantitative estimate of drug-likeness (QED) is 0.814. The first-order valence-corrected chi connectivity index (χ1v) is 6.80. The maximum Gasteiger partial charge on any atom is 0.230 e. The summed E-state index contributed by atoms with van der Waals surface area (Å²) < 4.78 is 5.31. The summed E-state index contributed by atoms with van der Waals surface area (Å²) in [6, 6.07) is 1.95. The normalized spacial score (nSPS) is 19.6. The second-order valence-electron chi connectivity index (χ2n) is 4.96. The maximum absolute atomic E-state index is 5.31. The lowest BCUT2D eigenvalue weighted by atomic mass is 10.4. The average Bonchev–Trinajstić information content (AvgIpc) is 3.10. The van der Waals surface area contributed by atoms with Gasteiger partial charge in [-0.25, -0.2) is 0 Å². The van der Waals surface area contributed by atoms with Crippen LogP contribution in [-0.4, -0.2) is 43.3 Å². The van der Waals surface area contributed by atoms with E-state index < -0.39 is 0 Å². The molecule has 5 nitrogen and oxygen atoms in total. The van der Waals surface area contributed by atoms with E-state index in [1.165, 1.54) is 25.7 Å². The van der Waals surface area contributed by atoms with Crippen molar-refractivity contribution < 1.29 is 4.74 Å². The molecule has 1 aromatic rings. The smallest absolute Gasteiger partial charge is 0.230 e. The van der Waals surface area contributed by atoms with Crippen LogP contribution in [0.4, 0.5) is 11.8 Å². The Morgan fingerprint density at radius 1 is 0.944 bits per heavy atom. The Labute approximate surface area is 108 Å². The van der Waals surface area contributed by atoms with Gasteiger partial charge in [0, 0.05) is 32.2 Å². The highest BCUT2D eigenvalue weighted by atomic mass is 16.5. The first kappa shape index (κ1) is 11.6. The first-order chi connectivity index (χ1) is 8.86. The fourth-order valence-corrected chi connectivity index (χ4v) is 2.67. The van der Waals surface area contributed by atoms with Crippen LogP contribution in [0.5, 0.6) is 5.88 Å². The molecule has 0 aromatic carbocycles. The van der Waals surface area contributed by atoms with E-state index in [1.807, 2.05) is 6.07 Å². The fourth-order valence-electron chi connectivity index (χ4n) is 2.67. The van der Waals surface area contributed by atoms with Gasteiger partial charge in [0.2, 0.25) is 11.8 Å². The minimum Gasteiger partial charge on any atom is -0.481 e. The van der Waals surface area contributed by atoms with Crippen LogP contribution in [0, 0.1) is 0 Å². The van der Waals surface area contributed by atoms with E-state index in [0.29, 0.717) is 5.88 Å². The van der Waals surface area contributed by atoms with Crippen LogP contribution in [0.25, 0.3) is 0 Å². The second-order valence-corrected chi connectivity index (χ2v) is 4.96. The third-order valence-electron chi connectivity index (χ3n) is 3.71. The van der Waals surface area contributed by atoms with Crippen LogP contribution in [0.1, 0.15) is 25.7 Å². The van der Waals surface area contributed by atoms with Gasteiger partial charge in [-0.1, -0.05) is 0 Å². The van der Waals surface area contributed by atoms with E-state index in [1.54, 1.807) is 7.11 Å². The third kappa shape index (κ3) is 2.21. The Hall–Kier alpha value is -1.52. The molecule has 3 heterocycles. The minimum atomic E-state index is 0.675. The van der Waals surface area contributed by atoms with Gasteiger partial charge >= 0.3 is 0 Å². The van der Waals surface area contributed by atoms with Gasteiger partial charge in [0.05, 0.1) is 7.11 Å². The highest BCUT2D eigenvalue weighted by Gasteiger charge is 2.20. The van der Waals surface area contributed by atoms with Crippen molar-refractivity contribution in [2.24, 2.45) is 0 Å². The fraction of sp³-hybridized carbons (Fsp3) is 0.692. The Morgan fingerprint density at radius 2 is 1.56 bits per heavy atom. The summed E-state index contributed by atoms with van der Waals surface area (Å²) in [4.78, 5) is 13.8. The van der Waals surface area contributed by atoms with Crippen molar-refractivity contribution in [2.45, 2.75) is 25.7 Å². The van der Waals surface area contributed by atoms with E-state index in [4.69, 9.17) is 9.72 Å². The van der Waals surface area contributed by atoms with Gasteiger partial charge in [0.15, 0.2) is 0 Å². The van der Waals surface area contributed by atoms with Crippen LogP contribution >= 0.6 is 0 Å². The summed E-state index contributed by atoms with van der Waals surface area (Å²) in [7, 11) is 1.67. The number of nitrogens with zero attached hydrogens (tertiary/aromatic N) is 4. The zero-order chi connectivity index (χ0) is 12.4. The Kier molecular flexibility index (Phi) is 3.21. The molecule has 5 heteroatoms. The molecule has 2 saturated heterocycles. The van der Waals surface area contributed by atoms with Crippen molar-refractivity contribution in [1.29, 1.82) is 0 Å². The molecule has 0 radical (unpaired) electrons. The van der Waals surface area contributed by atoms with E-state index in [0.717, 1.165) is 37.9 Å². The zero-order valence-electron chi connectivity index (χ0n) is 10.9. The molecule has 3 rings (SSSR count). The Morgan fingerprint density at radius 3 is 2.17 bits per heavy atom. The molecule has 0 N–H and O–H groups in total. The van der Waals surface area contributed by atoms with Crippen molar-refractivity contribution in [3.8, 4) is 5.88 Å². The summed E-state index contributed by atoms with van der Waals surface area (Å²) in [5.74, 6) is 2.52. The maximum atomic E-state index is 5.31. The predicted octanol–water partition coefficient (Wildman–Crippen LogP) is 1.69. The number of aromatic nitrogens is 2. The molecule has 0 bridgehead atoms. The van der Waals surface area contributed by atoms with Gasteiger partial charge in [-0.3, -0.25) is 0 Å². The number of methoxy groups -OCH3 is 1. The van der Waals surface area contributed by atoms with Crippen LogP contribution in [0.2, 0.25) is 0 Å². The molecular weight excluding hydrogens is 228 g/mol. The van der Waals surface area contributed by atoms with Gasteiger partial charge in [-0.2, -0.15) is 9.97 Å². The average molecular weight is 248 g/mol. The van der Waals surface area contributed by atoms with Crippen LogP contribution in [-0.2, 0) is 0 Å². The molecule has 1 aromatic heterocycles. The van der Waals surface area contributed by atoms with E-state index in [2.05, 4.69) is 14.8 Å². The van der Waals surface area contributed by atoms with Gasteiger partial charge in [-0.15, -0.1) is 0 Å². The van der Waals surface area contributed by atoms with Crippen molar-refractivity contribution >= 4 is 11.8 Å². The molecule has 0 atom stereocenters.